The quantitative estimate of drug-likeness (QED) is 0.196. The van der Waals surface area contributed by atoms with Gasteiger partial charge in [0.25, 0.3) is 0 Å². The summed E-state index contributed by atoms with van der Waals surface area (Å²) in [6.45, 7) is 2.49. The number of carbonyl (C=O) groups excluding carboxylic acids is 1. The van der Waals surface area contributed by atoms with E-state index in [1.54, 1.807) is 0 Å². The maximum Gasteiger partial charge on any atom is 0.338 e. The topological polar surface area (TPSA) is 101 Å². The summed E-state index contributed by atoms with van der Waals surface area (Å²) in [7, 11) is 0. The molecule has 7 heteroatoms. The third-order valence-electron chi connectivity index (χ3n) is 4.82. The van der Waals surface area contributed by atoms with Gasteiger partial charge in [-0.2, -0.15) is 0 Å². The Bertz CT molecular complexity index is 626. The summed E-state index contributed by atoms with van der Waals surface area (Å²) in [5.41, 5.74) is -0.247. The molecule has 1 unspecified atom stereocenters. The van der Waals surface area contributed by atoms with Crippen LogP contribution in [0.1, 0.15) is 105 Å². The van der Waals surface area contributed by atoms with E-state index in [-0.39, 0.29) is 22.6 Å². The van der Waals surface area contributed by atoms with Crippen LogP contribution in [0.2, 0.25) is 0 Å². The Hall–Kier alpha value is -1.73. The van der Waals surface area contributed by atoms with Crippen LogP contribution in [-0.2, 0) is 15.8 Å². The van der Waals surface area contributed by atoms with Crippen LogP contribution in [0.25, 0.3) is 0 Å². The average Bonchev–Trinajstić information content (AvgIpc) is 2.70. The third-order valence-corrected chi connectivity index (χ3v) is 5.46. The molecule has 0 spiro atoms. The Kier molecular flexibility index (Phi) is 13.2. The predicted molar refractivity (Wildman–Crippen MR) is 114 cm³/mol. The predicted octanol–water partition coefficient (Wildman–Crippen LogP) is 5.82. The van der Waals surface area contributed by atoms with E-state index in [1.165, 1.54) is 63.9 Å². The van der Waals surface area contributed by atoms with E-state index in [2.05, 4.69) is 6.92 Å². The van der Waals surface area contributed by atoms with Crippen LogP contribution < -0.4 is 0 Å². The number of carbonyl (C=O) groups is 2. The fraction of sp³-hybridized carbons (Fsp3) is 0.636. The number of aromatic carboxylic acids is 1. The maximum atomic E-state index is 12.1. The molecule has 2 N–H and O–H groups in total. The molecule has 1 aromatic rings. The summed E-state index contributed by atoms with van der Waals surface area (Å²) in [6.07, 6.45) is 14.6. The second-order valence-corrected chi connectivity index (χ2v) is 8.30. The Balaban J connectivity index is 2.18. The molecule has 0 aliphatic carbocycles. The van der Waals surface area contributed by atoms with Crippen molar-refractivity contribution in [2.75, 3.05) is 6.61 Å². The summed E-state index contributed by atoms with van der Waals surface area (Å²) in [5.74, 6) is -1.95. The molecule has 6 nitrogen and oxygen atoms in total. The van der Waals surface area contributed by atoms with Gasteiger partial charge in [0, 0.05) is 0 Å². The standard InChI is InChI=1S/C22H34O6S/c1-2-3-4-5-6-7-8-9-10-11-12-13-14-28-22(25)19-15-18(21(23)24)16-20(17-19)29(26)27/h15-17H,2-14H2,1H3,(H,23,24)(H,26,27). The highest BCUT2D eigenvalue weighted by atomic mass is 32.2. The molecule has 1 atom stereocenters. The number of ether oxygens (including phenoxy) is 1. The van der Waals surface area contributed by atoms with Crippen molar-refractivity contribution < 1.29 is 28.2 Å². The number of benzene rings is 1. The van der Waals surface area contributed by atoms with E-state index in [4.69, 9.17) is 14.4 Å². The van der Waals surface area contributed by atoms with E-state index in [9.17, 15) is 13.8 Å². The average molecular weight is 427 g/mol. The number of hydrogen-bond donors (Lipinski definition) is 2. The van der Waals surface area contributed by atoms with Crippen molar-refractivity contribution in [3.63, 3.8) is 0 Å². The molecule has 0 aliphatic heterocycles. The lowest BCUT2D eigenvalue weighted by molar-refractivity contribution is 0.0497. The molecule has 0 amide bonds. The number of carboxylic acid groups (broad SMARTS) is 1. The molecule has 0 heterocycles. The SMILES string of the molecule is CCCCCCCCCCCCCCOC(=O)c1cc(C(=O)O)cc(S(=O)O)c1. The fourth-order valence-corrected chi connectivity index (χ4v) is 3.59. The number of carboxylic acids is 1. The molecule has 1 rings (SSSR count). The Morgan fingerprint density at radius 3 is 1.79 bits per heavy atom. The van der Waals surface area contributed by atoms with E-state index in [1.807, 2.05) is 0 Å². The molecule has 0 saturated heterocycles. The zero-order valence-electron chi connectivity index (χ0n) is 17.4. The first-order valence-corrected chi connectivity index (χ1v) is 11.7. The molecule has 0 fully saturated rings. The van der Waals surface area contributed by atoms with E-state index >= 15 is 0 Å². The molecular weight excluding hydrogens is 392 g/mol. The largest absolute Gasteiger partial charge is 0.478 e. The summed E-state index contributed by atoms with van der Waals surface area (Å²) < 4.78 is 25.5. The Morgan fingerprint density at radius 2 is 1.31 bits per heavy atom. The second-order valence-electron chi connectivity index (χ2n) is 7.33. The van der Waals surface area contributed by atoms with Gasteiger partial charge < -0.3 is 14.4 Å². The normalized spacial score (nSPS) is 11.9. The maximum absolute atomic E-state index is 12.1. The van der Waals surface area contributed by atoms with Crippen molar-refractivity contribution in [1.82, 2.24) is 0 Å². The van der Waals surface area contributed by atoms with E-state index in [0.29, 0.717) is 0 Å². The van der Waals surface area contributed by atoms with Gasteiger partial charge >= 0.3 is 11.9 Å². The molecule has 164 valence electrons. The molecule has 0 saturated carbocycles. The highest BCUT2D eigenvalue weighted by Crippen LogP contribution is 2.15. The molecule has 1 aromatic carbocycles. The van der Waals surface area contributed by atoms with Crippen LogP contribution in [0.5, 0.6) is 0 Å². The summed E-state index contributed by atoms with van der Waals surface area (Å²) in [5, 5.41) is 9.06. The van der Waals surface area contributed by atoms with Crippen molar-refractivity contribution in [3.05, 3.63) is 29.3 Å². The van der Waals surface area contributed by atoms with E-state index < -0.39 is 23.0 Å². The van der Waals surface area contributed by atoms with Gasteiger partial charge in [-0.25, -0.2) is 13.8 Å². The fourth-order valence-electron chi connectivity index (χ4n) is 3.13. The van der Waals surface area contributed by atoms with Gasteiger partial charge in [0.15, 0.2) is 11.1 Å². The summed E-state index contributed by atoms with van der Waals surface area (Å²) in [6, 6.07) is 3.41. The first-order chi connectivity index (χ1) is 14.0. The highest BCUT2D eigenvalue weighted by Gasteiger charge is 2.15. The first-order valence-electron chi connectivity index (χ1n) is 10.6. The second kappa shape index (κ2) is 15.2. The van der Waals surface area contributed by atoms with Gasteiger partial charge in [0.05, 0.1) is 22.6 Å². The Labute approximate surface area is 176 Å². The van der Waals surface area contributed by atoms with Gasteiger partial charge in [-0.15, -0.1) is 0 Å². The molecule has 0 radical (unpaired) electrons. The Morgan fingerprint density at radius 1 is 0.828 bits per heavy atom. The molecule has 0 aliphatic rings. The number of hydrogen-bond acceptors (Lipinski definition) is 4. The molecule has 29 heavy (non-hydrogen) atoms. The summed E-state index contributed by atoms with van der Waals surface area (Å²) in [4.78, 5) is 23.1. The van der Waals surface area contributed by atoms with Crippen molar-refractivity contribution in [2.45, 2.75) is 88.9 Å². The number of unbranched alkanes of at least 4 members (excludes halogenated alkanes) is 11. The van der Waals surface area contributed by atoms with E-state index in [0.717, 1.165) is 31.4 Å². The number of rotatable bonds is 16. The van der Waals surface area contributed by atoms with Gasteiger partial charge in [-0.05, 0) is 24.6 Å². The lowest BCUT2D eigenvalue weighted by Gasteiger charge is -2.07. The zero-order chi connectivity index (χ0) is 21.5. The number of esters is 1. The zero-order valence-corrected chi connectivity index (χ0v) is 18.2. The van der Waals surface area contributed by atoms with Crippen LogP contribution >= 0.6 is 0 Å². The molecule has 0 aromatic heterocycles. The first kappa shape index (κ1) is 25.3. The minimum absolute atomic E-state index is 0.0266. The van der Waals surface area contributed by atoms with Crippen LogP contribution in [0.3, 0.4) is 0 Å². The van der Waals surface area contributed by atoms with Crippen LogP contribution in [0.15, 0.2) is 23.1 Å². The molecular formula is C22H34O6S. The van der Waals surface area contributed by atoms with Crippen LogP contribution in [-0.4, -0.2) is 32.4 Å². The van der Waals surface area contributed by atoms with Crippen molar-refractivity contribution >= 4 is 23.0 Å². The van der Waals surface area contributed by atoms with Gasteiger partial charge in [-0.3, -0.25) is 0 Å². The van der Waals surface area contributed by atoms with Gasteiger partial charge in [-0.1, -0.05) is 77.6 Å². The van der Waals surface area contributed by atoms with Gasteiger partial charge in [0.2, 0.25) is 0 Å². The van der Waals surface area contributed by atoms with Gasteiger partial charge in [0.1, 0.15) is 0 Å². The summed E-state index contributed by atoms with van der Waals surface area (Å²) >= 11 is -2.37. The minimum atomic E-state index is -2.37. The van der Waals surface area contributed by atoms with Crippen molar-refractivity contribution in [3.8, 4) is 0 Å². The van der Waals surface area contributed by atoms with Crippen molar-refractivity contribution in [2.24, 2.45) is 0 Å². The highest BCUT2D eigenvalue weighted by molar-refractivity contribution is 7.79. The smallest absolute Gasteiger partial charge is 0.338 e. The monoisotopic (exact) mass is 426 g/mol. The molecule has 0 bridgehead atoms. The van der Waals surface area contributed by atoms with Crippen LogP contribution in [0, 0.1) is 0 Å². The lowest BCUT2D eigenvalue weighted by atomic mass is 10.1. The van der Waals surface area contributed by atoms with Crippen molar-refractivity contribution in [1.29, 1.82) is 0 Å². The third kappa shape index (κ3) is 11.1. The lowest BCUT2D eigenvalue weighted by Crippen LogP contribution is -2.09. The van der Waals surface area contributed by atoms with Crippen LogP contribution in [0.4, 0.5) is 0 Å². The minimum Gasteiger partial charge on any atom is -0.478 e.